The lowest BCUT2D eigenvalue weighted by molar-refractivity contribution is 0.0999. The maximum absolute atomic E-state index is 12.0. The molecule has 4 N–H and O–H groups in total. The minimum absolute atomic E-state index is 0.0903. The topological polar surface area (TPSA) is 93.4 Å². The Balaban J connectivity index is 1.95. The van der Waals surface area contributed by atoms with Gasteiger partial charge in [-0.1, -0.05) is 18.2 Å². The van der Waals surface area contributed by atoms with Gasteiger partial charge in [0, 0.05) is 17.8 Å². The van der Waals surface area contributed by atoms with E-state index in [1.807, 2.05) is 38.1 Å². The molecule has 0 atom stereocenters. The second kappa shape index (κ2) is 8.19. The van der Waals surface area contributed by atoms with Crippen LogP contribution in [-0.4, -0.2) is 18.0 Å². The predicted octanol–water partition coefficient (Wildman–Crippen LogP) is 3.20. The number of benzene rings is 2. The van der Waals surface area contributed by atoms with E-state index in [-0.39, 0.29) is 12.1 Å². The van der Waals surface area contributed by atoms with Crippen LogP contribution >= 0.6 is 0 Å². The molecule has 0 radical (unpaired) electrons. The third-order valence-corrected chi connectivity index (χ3v) is 3.48. The molecule has 0 aromatic heterocycles. The normalized spacial score (nSPS) is 10.4. The van der Waals surface area contributed by atoms with E-state index in [0.29, 0.717) is 17.8 Å². The molecule has 0 unspecified atom stereocenters. The van der Waals surface area contributed by atoms with E-state index < -0.39 is 5.91 Å². The molecule has 25 heavy (non-hydrogen) atoms. The van der Waals surface area contributed by atoms with Crippen molar-refractivity contribution in [2.75, 3.05) is 5.32 Å². The van der Waals surface area contributed by atoms with E-state index in [4.69, 9.17) is 10.5 Å². The highest BCUT2D eigenvalue weighted by atomic mass is 16.5. The Morgan fingerprint density at radius 3 is 2.60 bits per heavy atom. The molecule has 0 fully saturated rings. The summed E-state index contributed by atoms with van der Waals surface area (Å²) in [5.74, 6) is 0.239. The largest absolute Gasteiger partial charge is 0.491 e. The lowest BCUT2D eigenvalue weighted by Crippen LogP contribution is -2.28. The molecule has 0 aliphatic carbocycles. The Morgan fingerprint density at radius 1 is 1.16 bits per heavy atom. The van der Waals surface area contributed by atoms with Crippen LogP contribution < -0.4 is 21.1 Å². The zero-order valence-corrected chi connectivity index (χ0v) is 14.6. The monoisotopic (exact) mass is 341 g/mol. The SMILES string of the molecule is Cc1ccc(NC(=O)NCc2cccc(OC(C)C)c2)cc1C(N)=O. The third kappa shape index (κ3) is 5.53. The molecule has 132 valence electrons. The highest BCUT2D eigenvalue weighted by Crippen LogP contribution is 2.16. The van der Waals surface area contributed by atoms with Crippen LogP contribution in [0.2, 0.25) is 0 Å². The van der Waals surface area contributed by atoms with Gasteiger partial charge in [0.25, 0.3) is 0 Å². The van der Waals surface area contributed by atoms with E-state index in [2.05, 4.69) is 10.6 Å². The van der Waals surface area contributed by atoms with Gasteiger partial charge in [-0.25, -0.2) is 4.79 Å². The van der Waals surface area contributed by atoms with Crippen LogP contribution in [0.3, 0.4) is 0 Å². The summed E-state index contributed by atoms with van der Waals surface area (Å²) < 4.78 is 5.63. The molecule has 2 rings (SSSR count). The summed E-state index contributed by atoms with van der Waals surface area (Å²) >= 11 is 0. The minimum Gasteiger partial charge on any atom is -0.491 e. The maximum atomic E-state index is 12.0. The standard InChI is InChI=1S/C19H23N3O3/c1-12(2)25-16-6-4-5-14(9-16)11-21-19(24)22-15-8-7-13(3)17(10-15)18(20)23/h4-10,12H,11H2,1-3H3,(H2,20,23)(H2,21,22,24). The van der Waals surface area contributed by atoms with E-state index in [0.717, 1.165) is 16.9 Å². The van der Waals surface area contributed by atoms with Crippen molar-refractivity contribution < 1.29 is 14.3 Å². The van der Waals surface area contributed by atoms with Gasteiger partial charge in [-0.3, -0.25) is 4.79 Å². The van der Waals surface area contributed by atoms with Crippen molar-refractivity contribution in [2.24, 2.45) is 5.73 Å². The highest BCUT2D eigenvalue weighted by molar-refractivity contribution is 5.97. The van der Waals surface area contributed by atoms with Gasteiger partial charge in [0.05, 0.1) is 6.10 Å². The number of anilines is 1. The quantitative estimate of drug-likeness (QED) is 0.753. The number of ether oxygens (including phenoxy) is 1. The maximum Gasteiger partial charge on any atom is 0.319 e. The summed E-state index contributed by atoms with van der Waals surface area (Å²) in [7, 11) is 0. The van der Waals surface area contributed by atoms with Crippen molar-refractivity contribution >= 4 is 17.6 Å². The van der Waals surface area contributed by atoms with Crippen molar-refractivity contribution in [3.63, 3.8) is 0 Å². The molecule has 0 saturated carbocycles. The second-order valence-corrected chi connectivity index (χ2v) is 6.02. The third-order valence-electron chi connectivity index (χ3n) is 3.48. The van der Waals surface area contributed by atoms with Gasteiger partial charge in [0.1, 0.15) is 5.75 Å². The Morgan fingerprint density at radius 2 is 1.92 bits per heavy atom. The van der Waals surface area contributed by atoms with Crippen molar-refractivity contribution in [1.82, 2.24) is 5.32 Å². The number of urea groups is 1. The number of hydrogen-bond donors (Lipinski definition) is 3. The number of rotatable bonds is 6. The van der Waals surface area contributed by atoms with Crippen LogP contribution in [0.1, 0.15) is 35.3 Å². The lowest BCUT2D eigenvalue weighted by Gasteiger charge is -2.12. The Labute approximate surface area is 147 Å². The molecule has 0 heterocycles. The molecule has 2 aromatic carbocycles. The number of amides is 3. The summed E-state index contributed by atoms with van der Waals surface area (Å²) in [6, 6.07) is 12.2. The zero-order chi connectivity index (χ0) is 18.4. The highest BCUT2D eigenvalue weighted by Gasteiger charge is 2.08. The molecule has 0 saturated heterocycles. The summed E-state index contributed by atoms with van der Waals surface area (Å²) in [6.07, 6.45) is 0.0903. The van der Waals surface area contributed by atoms with Crippen LogP contribution in [0.25, 0.3) is 0 Å². The molecule has 6 heteroatoms. The Bertz CT molecular complexity index is 772. The van der Waals surface area contributed by atoms with Gasteiger partial charge in [-0.05, 0) is 56.2 Å². The fraction of sp³-hybridized carbons (Fsp3) is 0.263. The Kier molecular flexibility index (Phi) is 6.00. The van der Waals surface area contributed by atoms with Gasteiger partial charge in [-0.2, -0.15) is 0 Å². The molecule has 0 spiro atoms. The van der Waals surface area contributed by atoms with Crippen LogP contribution in [0.4, 0.5) is 10.5 Å². The van der Waals surface area contributed by atoms with E-state index in [9.17, 15) is 9.59 Å². The van der Waals surface area contributed by atoms with Crippen molar-refractivity contribution in [2.45, 2.75) is 33.4 Å². The molecule has 0 aliphatic heterocycles. The van der Waals surface area contributed by atoms with E-state index in [1.54, 1.807) is 25.1 Å². The van der Waals surface area contributed by atoms with Gasteiger partial charge in [0.2, 0.25) is 5.91 Å². The average Bonchev–Trinajstić information content (AvgIpc) is 2.54. The van der Waals surface area contributed by atoms with Crippen molar-refractivity contribution in [3.05, 3.63) is 59.2 Å². The van der Waals surface area contributed by atoms with Gasteiger partial charge < -0.3 is 21.1 Å². The smallest absolute Gasteiger partial charge is 0.319 e. The van der Waals surface area contributed by atoms with Crippen LogP contribution in [-0.2, 0) is 6.54 Å². The number of carbonyl (C=O) groups is 2. The first-order valence-corrected chi connectivity index (χ1v) is 8.06. The van der Waals surface area contributed by atoms with Gasteiger partial charge in [-0.15, -0.1) is 0 Å². The number of nitrogens with one attached hydrogen (secondary N) is 2. The summed E-state index contributed by atoms with van der Waals surface area (Å²) in [4.78, 5) is 23.4. The number of aryl methyl sites for hydroxylation is 1. The molecular formula is C19H23N3O3. The molecule has 3 amide bonds. The number of carbonyl (C=O) groups excluding carboxylic acids is 2. The molecule has 6 nitrogen and oxygen atoms in total. The summed E-state index contributed by atoms with van der Waals surface area (Å²) in [6.45, 7) is 6.06. The molecule has 0 aliphatic rings. The first-order valence-electron chi connectivity index (χ1n) is 8.06. The van der Waals surface area contributed by atoms with Crippen LogP contribution in [0.15, 0.2) is 42.5 Å². The van der Waals surface area contributed by atoms with Gasteiger partial charge in [0.15, 0.2) is 0 Å². The molecule has 0 bridgehead atoms. The van der Waals surface area contributed by atoms with Crippen LogP contribution in [0.5, 0.6) is 5.75 Å². The average molecular weight is 341 g/mol. The fourth-order valence-corrected chi connectivity index (χ4v) is 2.32. The predicted molar refractivity (Wildman–Crippen MR) is 97.8 cm³/mol. The number of hydrogen-bond acceptors (Lipinski definition) is 3. The summed E-state index contributed by atoms with van der Waals surface area (Å²) in [5, 5.41) is 5.46. The lowest BCUT2D eigenvalue weighted by atomic mass is 10.1. The zero-order valence-electron chi connectivity index (χ0n) is 14.6. The summed E-state index contributed by atoms with van der Waals surface area (Å²) in [5.41, 5.74) is 7.90. The van der Waals surface area contributed by atoms with Crippen molar-refractivity contribution in [1.29, 1.82) is 0 Å². The molecule has 2 aromatic rings. The molecular weight excluding hydrogens is 318 g/mol. The van der Waals surface area contributed by atoms with Gasteiger partial charge >= 0.3 is 6.03 Å². The first-order chi connectivity index (χ1) is 11.8. The van der Waals surface area contributed by atoms with E-state index in [1.165, 1.54) is 0 Å². The van der Waals surface area contributed by atoms with Crippen LogP contribution in [0, 0.1) is 6.92 Å². The van der Waals surface area contributed by atoms with Crippen molar-refractivity contribution in [3.8, 4) is 5.75 Å². The number of nitrogens with two attached hydrogens (primary N) is 1. The van der Waals surface area contributed by atoms with E-state index >= 15 is 0 Å². The Hall–Kier alpha value is -3.02. The number of primary amides is 1. The fourth-order valence-electron chi connectivity index (χ4n) is 2.32. The second-order valence-electron chi connectivity index (χ2n) is 6.02. The minimum atomic E-state index is -0.525. The first kappa shape index (κ1) is 18.3.